The lowest BCUT2D eigenvalue weighted by molar-refractivity contribution is 0.669. The van der Waals surface area contributed by atoms with Gasteiger partial charge >= 0.3 is 0 Å². The molecule has 0 radical (unpaired) electrons. The third-order valence-corrected chi connectivity index (χ3v) is 10.1. The first kappa shape index (κ1) is 19.7. The summed E-state index contributed by atoms with van der Waals surface area (Å²) >= 11 is 0. The van der Waals surface area contributed by atoms with Crippen molar-refractivity contribution in [3.63, 3.8) is 0 Å². The van der Waals surface area contributed by atoms with Crippen LogP contribution in [0.15, 0.2) is 192 Å². The molecule has 6 heteroatoms. The molecule has 4 heterocycles. The monoisotopic (exact) mass is 745 g/mol. The van der Waals surface area contributed by atoms with Crippen molar-refractivity contribution in [3.05, 3.63) is 188 Å². The first-order valence-electron chi connectivity index (χ1n) is 25.8. The summed E-state index contributed by atoms with van der Waals surface area (Å²) in [6, 6.07) is 17.8. The molecule has 0 bridgehead atoms. The topological polar surface area (TPSA) is 61.7 Å². The Hall–Kier alpha value is -7.83. The highest BCUT2D eigenvalue weighted by Gasteiger charge is 2.24. The molecule has 0 amide bonds. The second kappa shape index (κ2) is 12.3. The Morgan fingerprint density at radius 2 is 1.05 bits per heavy atom. The van der Waals surface area contributed by atoms with Crippen LogP contribution in [0.2, 0.25) is 0 Å². The molecule has 0 aliphatic rings. The van der Waals surface area contributed by atoms with Crippen molar-refractivity contribution in [2.75, 3.05) is 0 Å². The normalized spacial score (nSPS) is 15.8. The van der Waals surface area contributed by atoms with Gasteiger partial charge < -0.3 is 8.98 Å². The predicted octanol–water partition coefficient (Wildman–Crippen LogP) is 13.0. The van der Waals surface area contributed by atoms with Crippen LogP contribution in [0.1, 0.15) is 21.9 Å². The average Bonchev–Trinajstić information content (AvgIpc) is 4.08. The minimum atomic E-state index is -0.750. The minimum absolute atomic E-state index is 0.167. The van der Waals surface area contributed by atoms with Gasteiger partial charge in [-0.05, 0) is 53.5 Å². The van der Waals surface area contributed by atoms with Crippen molar-refractivity contribution in [2.24, 2.45) is 0 Å². The molecule has 0 saturated heterocycles. The molecule has 12 aromatic rings. The maximum atomic E-state index is 9.76. The molecule has 8 aromatic carbocycles. The molecule has 6 nitrogen and oxygen atoms in total. The lowest BCUT2D eigenvalue weighted by Gasteiger charge is -2.13. The van der Waals surface area contributed by atoms with Gasteiger partial charge in [0.1, 0.15) is 11.2 Å². The predicted molar refractivity (Wildman–Crippen MR) is 232 cm³/mol. The molecule has 0 fully saturated rings. The van der Waals surface area contributed by atoms with Crippen LogP contribution < -0.4 is 0 Å². The highest BCUT2D eigenvalue weighted by Crippen LogP contribution is 2.42. The van der Waals surface area contributed by atoms with Crippen molar-refractivity contribution >= 4 is 65.6 Å². The van der Waals surface area contributed by atoms with Crippen molar-refractivity contribution < 1.29 is 26.3 Å². The standard InChI is InChI=1S/C51H31N5O/c1-4-15-32(16-5-1)36-23-14-26-44-46(36)41-28-27-34(31-45(41)57-44)50-52-49(33-17-6-2-7-18-33)53-51(54-50)56-43-25-13-11-22-38(43)40-30-29-39-37-21-10-12-24-42(37)55(47(39)48(40)56)35-19-8-3-9-20-35/h1-31H/i1D,2D,4D,5D,6D,7D,14D,15D,16D,17D,18D,23D,26D,27D,28D,31D. The van der Waals surface area contributed by atoms with E-state index >= 15 is 0 Å². The van der Waals surface area contributed by atoms with Gasteiger partial charge in [0.2, 0.25) is 5.95 Å². The molecule has 0 spiro atoms. The second-order valence-corrected chi connectivity index (χ2v) is 13.2. The zero-order chi connectivity index (χ0) is 51.4. The van der Waals surface area contributed by atoms with Gasteiger partial charge in [0.15, 0.2) is 11.6 Å². The van der Waals surface area contributed by atoms with Gasteiger partial charge in [0, 0.05) is 49.1 Å². The molecule has 4 aromatic heterocycles. The van der Waals surface area contributed by atoms with E-state index in [-0.39, 0.29) is 16.7 Å². The van der Waals surface area contributed by atoms with E-state index in [0.717, 1.165) is 38.3 Å². The number of hydrogen-bond donors (Lipinski definition) is 0. The Morgan fingerprint density at radius 3 is 1.77 bits per heavy atom. The summed E-state index contributed by atoms with van der Waals surface area (Å²) < 4.78 is 152. The molecule has 57 heavy (non-hydrogen) atoms. The molecule has 0 atom stereocenters. The van der Waals surface area contributed by atoms with E-state index in [1.54, 1.807) is 4.57 Å². The molecule has 0 saturated carbocycles. The molecule has 0 unspecified atom stereocenters. The zero-order valence-electron chi connectivity index (χ0n) is 45.3. The van der Waals surface area contributed by atoms with E-state index in [4.69, 9.17) is 32.2 Å². The summed E-state index contributed by atoms with van der Waals surface area (Å²) in [5.41, 5.74) is 0.841. The van der Waals surface area contributed by atoms with Crippen LogP contribution in [0.5, 0.6) is 0 Å². The summed E-state index contributed by atoms with van der Waals surface area (Å²) in [4.78, 5) is 14.5. The van der Waals surface area contributed by atoms with Crippen LogP contribution in [0.4, 0.5) is 0 Å². The first-order chi connectivity index (χ1) is 34.9. The van der Waals surface area contributed by atoms with Gasteiger partial charge in [-0.15, -0.1) is 0 Å². The Labute approximate surface area is 349 Å². The van der Waals surface area contributed by atoms with E-state index in [1.165, 1.54) is 0 Å². The number of rotatable bonds is 5. The summed E-state index contributed by atoms with van der Waals surface area (Å²) in [6.45, 7) is 0. The van der Waals surface area contributed by atoms with Gasteiger partial charge in [-0.25, -0.2) is 4.98 Å². The molecule has 0 aliphatic carbocycles. The quantitative estimate of drug-likeness (QED) is 0.176. The number of hydrogen-bond acceptors (Lipinski definition) is 4. The second-order valence-electron chi connectivity index (χ2n) is 13.2. The van der Waals surface area contributed by atoms with Crippen LogP contribution in [0.25, 0.3) is 111 Å². The lowest BCUT2D eigenvalue weighted by atomic mass is 9.99. The highest BCUT2D eigenvalue weighted by molar-refractivity contribution is 6.23. The number of para-hydroxylation sites is 3. The molecular formula is C51H31N5O. The molecule has 0 aliphatic heterocycles. The molecule has 266 valence electrons. The fraction of sp³-hybridized carbons (Fsp3) is 0. The summed E-state index contributed by atoms with van der Waals surface area (Å²) in [5.74, 6) is -1.07. The number of benzene rings is 8. The molecule has 12 rings (SSSR count). The smallest absolute Gasteiger partial charge is 0.238 e. The SMILES string of the molecule is [2H]c1c([2H])c([2H])c(-c2nc(-c3c([2H])c([2H])c4c(oc5c([2H])c([2H])c([2H])c(-c6c([2H])c([2H])c([2H])c([2H])c6[2H])c54)c3[2H])nc(-n3c4ccccc4c4ccc5c6ccccc6n(-c6ccccc6)c5c43)n2)c([2H])c1[2H]. The molecule has 0 N–H and O–H groups in total. The number of furan rings is 1. The van der Waals surface area contributed by atoms with Crippen LogP contribution in [0.3, 0.4) is 0 Å². The first-order valence-corrected chi connectivity index (χ1v) is 17.8. The van der Waals surface area contributed by atoms with Crippen molar-refractivity contribution in [1.82, 2.24) is 24.1 Å². The average molecular weight is 746 g/mol. The Kier molecular flexibility index (Phi) is 4.26. The van der Waals surface area contributed by atoms with Gasteiger partial charge in [-0.1, -0.05) is 145 Å². The fourth-order valence-electron chi connectivity index (χ4n) is 7.73. The van der Waals surface area contributed by atoms with Gasteiger partial charge in [0.25, 0.3) is 0 Å². The number of fused-ring (bicyclic) bond motifs is 10. The Balaban J connectivity index is 1.24. The van der Waals surface area contributed by atoms with Gasteiger partial charge in [-0.3, -0.25) is 4.57 Å². The largest absolute Gasteiger partial charge is 0.456 e. The minimum Gasteiger partial charge on any atom is -0.456 e. The summed E-state index contributed by atoms with van der Waals surface area (Å²) in [7, 11) is 0. The summed E-state index contributed by atoms with van der Waals surface area (Å²) in [6.07, 6.45) is 0. The van der Waals surface area contributed by atoms with Gasteiger partial charge in [0.05, 0.1) is 44.0 Å². The Bertz CT molecular complexity index is 4420. The van der Waals surface area contributed by atoms with Crippen LogP contribution >= 0.6 is 0 Å². The van der Waals surface area contributed by atoms with E-state index in [1.807, 2.05) is 91.0 Å². The van der Waals surface area contributed by atoms with E-state index < -0.39 is 142 Å². The maximum absolute atomic E-state index is 9.76. The van der Waals surface area contributed by atoms with Gasteiger partial charge in [-0.2, -0.15) is 9.97 Å². The van der Waals surface area contributed by atoms with Crippen molar-refractivity contribution in [2.45, 2.75) is 0 Å². The molecular weight excluding hydrogens is 699 g/mol. The van der Waals surface area contributed by atoms with Crippen LogP contribution in [-0.2, 0) is 0 Å². The van der Waals surface area contributed by atoms with E-state index in [9.17, 15) is 4.11 Å². The van der Waals surface area contributed by atoms with Crippen LogP contribution in [-0.4, -0.2) is 24.1 Å². The van der Waals surface area contributed by atoms with E-state index in [2.05, 4.69) is 9.55 Å². The third-order valence-electron chi connectivity index (χ3n) is 10.1. The Morgan fingerprint density at radius 1 is 0.439 bits per heavy atom. The summed E-state index contributed by atoms with van der Waals surface area (Å²) in [5, 5.41) is 2.66. The number of nitrogens with zero attached hydrogens (tertiary/aromatic N) is 5. The fourth-order valence-corrected chi connectivity index (χ4v) is 7.73. The highest BCUT2D eigenvalue weighted by atomic mass is 16.3. The third kappa shape index (κ3) is 4.81. The van der Waals surface area contributed by atoms with Crippen LogP contribution in [0, 0.1) is 0 Å². The zero-order valence-corrected chi connectivity index (χ0v) is 29.3. The maximum Gasteiger partial charge on any atom is 0.238 e. The van der Waals surface area contributed by atoms with Crippen molar-refractivity contribution in [1.29, 1.82) is 0 Å². The number of aromatic nitrogens is 5. The van der Waals surface area contributed by atoms with E-state index in [0.29, 0.717) is 11.0 Å². The lowest BCUT2D eigenvalue weighted by Crippen LogP contribution is -2.07. The van der Waals surface area contributed by atoms with Crippen molar-refractivity contribution in [3.8, 4) is 45.5 Å².